The van der Waals surface area contributed by atoms with Crippen molar-refractivity contribution in [2.75, 3.05) is 0 Å². The summed E-state index contributed by atoms with van der Waals surface area (Å²) in [6, 6.07) is 3.27. The maximum atomic E-state index is 12.2. The molecule has 2 aromatic rings. The molecule has 20 heavy (non-hydrogen) atoms. The molecule has 0 aliphatic carbocycles. The maximum absolute atomic E-state index is 12.2. The predicted molar refractivity (Wildman–Crippen MR) is 85.5 cm³/mol. The SMILES string of the molecule is Cc1cc(Br)c(S(=O)(=O)NCc2csc(=O)[nH]2)cc1Br. The van der Waals surface area contributed by atoms with E-state index in [1.54, 1.807) is 11.4 Å². The number of hydrogen-bond acceptors (Lipinski definition) is 4. The number of aromatic amines is 1. The number of rotatable bonds is 4. The van der Waals surface area contributed by atoms with E-state index in [2.05, 4.69) is 41.6 Å². The highest BCUT2D eigenvalue weighted by Crippen LogP contribution is 2.28. The van der Waals surface area contributed by atoms with Crippen molar-refractivity contribution in [1.29, 1.82) is 0 Å². The summed E-state index contributed by atoms with van der Waals surface area (Å²) in [5.74, 6) is 0. The van der Waals surface area contributed by atoms with Gasteiger partial charge in [0.15, 0.2) is 0 Å². The summed E-state index contributed by atoms with van der Waals surface area (Å²) in [5, 5.41) is 1.59. The lowest BCUT2D eigenvalue weighted by atomic mass is 10.2. The fraction of sp³-hybridized carbons (Fsp3) is 0.182. The molecule has 0 spiro atoms. The Balaban J connectivity index is 2.26. The molecular formula is C11H10Br2N2O3S2. The van der Waals surface area contributed by atoms with E-state index in [1.807, 2.05) is 6.92 Å². The molecule has 9 heteroatoms. The van der Waals surface area contributed by atoms with Crippen LogP contribution in [-0.4, -0.2) is 13.4 Å². The van der Waals surface area contributed by atoms with Gasteiger partial charge in [0.1, 0.15) is 0 Å². The highest BCUT2D eigenvalue weighted by molar-refractivity contribution is 9.11. The van der Waals surface area contributed by atoms with Gasteiger partial charge in [-0.1, -0.05) is 27.3 Å². The van der Waals surface area contributed by atoms with Crippen LogP contribution in [0.1, 0.15) is 11.3 Å². The standard InChI is InChI=1S/C11H10Br2N2O3S2/c1-6-2-9(13)10(3-8(6)12)20(17,18)14-4-7-5-19-11(16)15-7/h2-3,5,14H,4H2,1H3,(H,15,16). The molecule has 5 nitrogen and oxygen atoms in total. The van der Waals surface area contributed by atoms with Crippen LogP contribution in [-0.2, 0) is 16.6 Å². The van der Waals surface area contributed by atoms with Crippen LogP contribution in [0.15, 0.2) is 36.1 Å². The van der Waals surface area contributed by atoms with Gasteiger partial charge in [0.2, 0.25) is 10.0 Å². The van der Waals surface area contributed by atoms with Gasteiger partial charge in [-0.15, -0.1) is 0 Å². The third-order valence-electron chi connectivity index (χ3n) is 2.53. The van der Waals surface area contributed by atoms with Crippen LogP contribution in [0.3, 0.4) is 0 Å². The van der Waals surface area contributed by atoms with Crippen LogP contribution in [0.25, 0.3) is 0 Å². The number of aromatic nitrogens is 1. The summed E-state index contributed by atoms with van der Waals surface area (Å²) in [6.45, 7) is 1.91. The highest BCUT2D eigenvalue weighted by atomic mass is 79.9. The average molecular weight is 442 g/mol. The molecule has 0 unspecified atom stereocenters. The van der Waals surface area contributed by atoms with E-state index >= 15 is 0 Å². The average Bonchev–Trinajstić information content (AvgIpc) is 2.77. The minimum Gasteiger partial charge on any atom is -0.315 e. The molecule has 0 aliphatic rings. The second-order valence-corrected chi connectivity index (χ2v) is 8.32. The minimum atomic E-state index is -3.66. The lowest BCUT2D eigenvalue weighted by molar-refractivity contribution is 0.580. The quantitative estimate of drug-likeness (QED) is 0.765. The zero-order valence-electron chi connectivity index (χ0n) is 10.2. The Morgan fingerprint density at radius 2 is 2.00 bits per heavy atom. The molecule has 2 N–H and O–H groups in total. The van der Waals surface area contributed by atoms with Gasteiger partial charge >= 0.3 is 4.87 Å². The summed E-state index contributed by atoms with van der Waals surface area (Å²) in [7, 11) is -3.66. The Morgan fingerprint density at radius 3 is 2.60 bits per heavy atom. The molecule has 0 radical (unpaired) electrons. The predicted octanol–water partition coefficient (Wildman–Crippen LogP) is 2.75. The van der Waals surface area contributed by atoms with Crippen LogP contribution in [0.2, 0.25) is 0 Å². The third-order valence-corrected chi connectivity index (χ3v) is 6.46. The Bertz CT molecular complexity index is 796. The van der Waals surface area contributed by atoms with Gasteiger partial charge in [-0.05, 0) is 40.5 Å². The van der Waals surface area contributed by atoms with Crippen LogP contribution in [0.4, 0.5) is 0 Å². The van der Waals surface area contributed by atoms with E-state index in [4.69, 9.17) is 0 Å². The number of hydrogen-bond donors (Lipinski definition) is 2. The minimum absolute atomic E-state index is 0.0407. The lowest BCUT2D eigenvalue weighted by Gasteiger charge is -2.09. The van der Waals surface area contributed by atoms with Crippen LogP contribution in [0, 0.1) is 6.92 Å². The van der Waals surface area contributed by atoms with E-state index in [9.17, 15) is 13.2 Å². The zero-order valence-corrected chi connectivity index (χ0v) is 15.0. The van der Waals surface area contributed by atoms with Crippen molar-refractivity contribution >= 4 is 53.2 Å². The number of aryl methyl sites for hydroxylation is 1. The topological polar surface area (TPSA) is 79.0 Å². The lowest BCUT2D eigenvalue weighted by Crippen LogP contribution is -2.24. The number of benzene rings is 1. The molecule has 1 aromatic heterocycles. The Labute approximate surface area is 136 Å². The van der Waals surface area contributed by atoms with Crippen molar-refractivity contribution in [1.82, 2.24) is 9.71 Å². The smallest absolute Gasteiger partial charge is 0.304 e. The Hall–Kier alpha value is -0.480. The van der Waals surface area contributed by atoms with Crippen LogP contribution in [0.5, 0.6) is 0 Å². The van der Waals surface area contributed by atoms with E-state index in [1.165, 1.54) is 6.07 Å². The van der Waals surface area contributed by atoms with Crippen molar-refractivity contribution < 1.29 is 8.42 Å². The van der Waals surface area contributed by atoms with Gasteiger partial charge in [0.25, 0.3) is 0 Å². The number of thiazole rings is 1. The fourth-order valence-electron chi connectivity index (χ4n) is 1.49. The highest BCUT2D eigenvalue weighted by Gasteiger charge is 2.19. The molecular weight excluding hydrogens is 432 g/mol. The summed E-state index contributed by atoms with van der Waals surface area (Å²) in [4.78, 5) is 13.5. The third kappa shape index (κ3) is 3.59. The zero-order chi connectivity index (χ0) is 14.9. The molecule has 2 rings (SSSR count). The normalized spacial score (nSPS) is 11.8. The van der Waals surface area contributed by atoms with Crippen LogP contribution < -0.4 is 9.60 Å². The molecule has 0 saturated heterocycles. The second kappa shape index (κ2) is 6.10. The van der Waals surface area contributed by atoms with Crippen molar-refractivity contribution in [3.8, 4) is 0 Å². The first-order valence-electron chi connectivity index (χ1n) is 5.41. The molecule has 0 aliphatic heterocycles. The van der Waals surface area contributed by atoms with Gasteiger partial charge in [-0.3, -0.25) is 4.79 Å². The van der Waals surface area contributed by atoms with Gasteiger partial charge in [0, 0.05) is 20.0 Å². The largest absolute Gasteiger partial charge is 0.315 e. The second-order valence-electron chi connectivity index (χ2n) is 4.03. The molecule has 108 valence electrons. The first kappa shape index (κ1) is 15.9. The fourth-order valence-corrected chi connectivity index (χ4v) is 4.75. The monoisotopic (exact) mass is 440 g/mol. The molecule has 0 atom stereocenters. The van der Waals surface area contributed by atoms with Gasteiger partial charge < -0.3 is 4.98 Å². The maximum Gasteiger partial charge on any atom is 0.304 e. The van der Waals surface area contributed by atoms with Crippen LogP contribution >= 0.6 is 43.2 Å². The van der Waals surface area contributed by atoms with Crippen molar-refractivity contribution in [2.45, 2.75) is 18.4 Å². The van der Waals surface area contributed by atoms with E-state index in [-0.39, 0.29) is 16.3 Å². The van der Waals surface area contributed by atoms with E-state index in [0.29, 0.717) is 14.6 Å². The molecule has 0 amide bonds. The molecule has 0 fully saturated rings. The number of nitrogens with one attached hydrogen (secondary N) is 2. The van der Waals surface area contributed by atoms with Crippen molar-refractivity contribution in [3.05, 3.63) is 47.4 Å². The van der Waals surface area contributed by atoms with Gasteiger partial charge in [-0.25, -0.2) is 13.1 Å². The van der Waals surface area contributed by atoms with E-state index < -0.39 is 10.0 Å². The Kier molecular flexibility index (Phi) is 4.85. The molecule has 1 heterocycles. The first-order chi connectivity index (χ1) is 9.29. The Morgan fingerprint density at radius 1 is 1.30 bits per heavy atom. The van der Waals surface area contributed by atoms with Crippen molar-refractivity contribution in [3.63, 3.8) is 0 Å². The number of halogens is 2. The molecule has 0 bridgehead atoms. The van der Waals surface area contributed by atoms with Gasteiger partial charge in [-0.2, -0.15) is 0 Å². The van der Waals surface area contributed by atoms with Crippen molar-refractivity contribution in [2.24, 2.45) is 0 Å². The first-order valence-corrected chi connectivity index (χ1v) is 9.36. The molecule has 1 aromatic carbocycles. The number of H-pyrrole nitrogens is 1. The summed E-state index contributed by atoms with van der Waals surface area (Å²) in [6.07, 6.45) is 0. The summed E-state index contributed by atoms with van der Waals surface area (Å²) >= 11 is 7.56. The van der Waals surface area contributed by atoms with Gasteiger partial charge in [0.05, 0.1) is 11.4 Å². The summed E-state index contributed by atoms with van der Waals surface area (Å²) in [5.41, 5.74) is 1.46. The number of sulfonamides is 1. The molecule has 0 saturated carbocycles. The van der Waals surface area contributed by atoms with E-state index in [0.717, 1.165) is 16.9 Å². The summed E-state index contributed by atoms with van der Waals surface area (Å²) < 4.78 is 28.1.